The van der Waals surface area contributed by atoms with Crippen LogP contribution in [0.25, 0.3) is 0 Å². The maximum absolute atomic E-state index is 14.2. The van der Waals surface area contributed by atoms with Crippen LogP contribution in [0, 0.1) is 20.8 Å². The van der Waals surface area contributed by atoms with E-state index >= 15 is 0 Å². The van der Waals surface area contributed by atoms with Gasteiger partial charge in [-0.3, -0.25) is 13.9 Å². The second-order valence-electron chi connectivity index (χ2n) is 10.4. The molecule has 1 atom stereocenters. The lowest BCUT2D eigenvalue weighted by Gasteiger charge is -2.34. The minimum absolute atomic E-state index is 0.0575. The predicted octanol–water partition coefficient (Wildman–Crippen LogP) is 6.45. The molecule has 3 rings (SSSR count). The predicted molar refractivity (Wildman–Crippen MR) is 166 cm³/mol. The zero-order valence-electron chi connectivity index (χ0n) is 24.2. The van der Waals surface area contributed by atoms with Gasteiger partial charge in [-0.1, -0.05) is 66.0 Å². The molecule has 0 saturated heterocycles. The molecule has 1 N–H and O–H groups in total. The van der Waals surface area contributed by atoms with E-state index in [-0.39, 0.29) is 23.4 Å². The number of amides is 2. The van der Waals surface area contributed by atoms with Gasteiger partial charge in [-0.05, 0) is 82.5 Å². The number of hydrogen-bond donors (Lipinski definition) is 1. The van der Waals surface area contributed by atoms with E-state index in [9.17, 15) is 18.0 Å². The zero-order chi connectivity index (χ0) is 30.5. The van der Waals surface area contributed by atoms with Crippen LogP contribution in [0.1, 0.15) is 49.4 Å². The number of carbonyl (C=O) groups is 2. The molecule has 3 aromatic rings. The molecule has 0 heterocycles. The van der Waals surface area contributed by atoms with E-state index < -0.39 is 28.5 Å². The van der Waals surface area contributed by atoms with Crippen LogP contribution < -0.4 is 9.62 Å². The molecule has 0 spiro atoms. The highest BCUT2D eigenvalue weighted by Crippen LogP contribution is 2.31. The number of carbonyl (C=O) groups excluding carboxylic acids is 2. The third-order valence-electron chi connectivity index (χ3n) is 6.94. The SMILES string of the molecule is CCC(C(=O)NC(C)C)N(Cc1c(Cl)cccc1Cl)C(=O)CN(c1cccc(C)c1C)S(=O)(=O)c1ccc(C)cc1. The number of sulfonamides is 1. The Balaban J connectivity index is 2.15. The molecule has 0 aliphatic heterocycles. The molecule has 0 aliphatic rings. The summed E-state index contributed by atoms with van der Waals surface area (Å²) in [6, 6.07) is 15.8. The first kappa shape index (κ1) is 32.4. The Bertz CT molecular complexity index is 1490. The summed E-state index contributed by atoms with van der Waals surface area (Å²) in [5.41, 5.74) is 3.36. The van der Waals surface area contributed by atoms with Gasteiger partial charge >= 0.3 is 0 Å². The molecule has 0 saturated carbocycles. The molecular weight excluding hydrogens is 581 g/mol. The Hall–Kier alpha value is -3.07. The van der Waals surface area contributed by atoms with Crippen LogP contribution in [-0.2, 0) is 26.2 Å². The van der Waals surface area contributed by atoms with Crippen molar-refractivity contribution in [2.45, 2.75) is 71.5 Å². The van der Waals surface area contributed by atoms with Gasteiger partial charge in [-0.15, -0.1) is 0 Å². The van der Waals surface area contributed by atoms with Crippen LogP contribution in [0.5, 0.6) is 0 Å². The molecule has 0 fully saturated rings. The number of aryl methyl sites for hydroxylation is 2. The Morgan fingerprint density at radius 1 is 0.902 bits per heavy atom. The van der Waals surface area contributed by atoms with Gasteiger partial charge in [0.05, 0.1) is 10.6 Å². The summed E-state index contributed by atoms with van der Waals surface area (Å²) in [6.07, 6.45) is 0.292. The van der Waals surface area contributed by atoms with Crippen molar-refractivity contribution in [3.05, 3.63) is 93.0 Å². The van der Waals surface area contributed by atoms with E-state index in [0.29, 0.717) is 27.7 Å². The number of rotatable bonds is 11. The Morgan fingerprint density at radius 3 is 2.05 bits per heavy atom. The highest BCUT2D eigenvalue weighted by molar-refractivity contribution is 7.92. The maximum Gasteiger partial charge on any atom is 0.264 e. The summed E-state index contributed by atoms with van der Waals surface area (Å²) in [7, 11) is -4.17. The van der Waals surface area contributed by atoms with Crippen LogP contribution in [0.2, 0.25) is 10.0 Å². The van der Waals surface area contributed by atoms with Crippen molar-refractivity contribution in [3.8, 4) is 0 Å². The van der Waals surface area contributed by atoms with E-state index in [1.807, 2.05) is 40.7 Å². The molecule has 0 bridgehead atoms. The smallest absolute Gasteiger partial charge is 0.264 e. The van der Waals surface area contributed by atoms with Crippen molar-refractivity contribution in [2.75, 3.05) is 10.8 Å². The summed E-state index contributed by atoms with van der Waals surface area (Å²) in [4.78, 5) is 28.9. The van der Waals surface area contributed by atoms with Crippen LogP contribution in [0.3, 0.4) is 0 Å². The highest BCUT2D eigenvalue weighted by atomic mass is 35.5. The molecule has 0 aromatic heterocycles. The van der Waals surface area contributed by atoms with Gasteiger partial charge in [-0.25, -0.2) is 8.42 Å². The summed E-state index contributed by atoms with van der Waals surface area (Å²) >= 11 is 12.9. The molecular formula is C31H37Cl2N3O4S. The zero-order valence-corrected chi connectivity index (χ0v) is 26.6. The number of nitrogens with one attached hydrogen (secondary N) is 1. The van der Waals surface area contributed by atoms with Crippen molar-refractivity contribution >= 4 is 50.7 Å². The Labute approximate surface area is 253 Å². The summed E-state index contributed by atoms with van der Waals surface area (Å²) in [5, 5.41) is 3.56. The van der Waals surface area contributed by atoms with Crippen LogP contribution in [0.15, 0.2) is 65.6 Å². The second kappa shape index (κ2) is 13.7. The molecule has 220 valence electrons. The third-order valence-corrected chi connectivity index (χ3v) is 9.42. The number of hydrogen-bond acceptors (Lipinski definition) is 4. The van der Waals surface area contributed by atoms with Crippen molar-refractivity contribution in [2.24, 2.45) is 0 Å². The average molecular weight is 619 g/mol. The Morgan fingerprint density at radius 2 is 1.49 bits per heavy atom. The number of halogens is 2. The minimum Gasteiger partial charge on any atom is -0.352 e. The van der Waals surface area contributed by atoms with Gasteiger partial charge in [0.15, 0.2) is 0 Å². The summed E-state index contributed by atoms with van der Waals surface area (Å²) < 4.78 is 29.3. The molecule has 2 amide bonds. The quantitative estimate of drug-likeness (QED) is 0.268. The fourth-order valence-electron chi connectivity index (χ4n) is 4.51. The first-order valence-corrected chi connectivity index (χ1v) is 15.7. The normalized spacial score (nSPS) is 12.2. The van der Waals surface area contributed by atoms with E-state index in [1.165, 1.54) is 17.0 Å². The lowest BCUT2D eigenvalue weighted by atomic mass is 10.1. The lowest BCUT2D eigenvalue weighted by Crippen LogP contribution is -2.53. The molecule has 41 heavy (non-hydrogen) atoms. The first-order chi connectivity index (χ1) is 19.3. The van der Waals surface area contributed by atoms with E-state index in [4.69, 9.17) is 23.2 Å². The summed E-state index contributed by atoms with van der Waals surface area (Å²) in [6.45, 7) is 10.4. The van der Waals surface area contributed by atoms with Crippen molar-refractivity contribution in [1.29, 1.82) is 0 Å². The van der Waals surface area contributed by atoms with Gasteiger partial charge in [0.2, 0.25) is 11.8 Å². The molecule has 7 nitrogen and oxygen atoms in total. The highest BCUT2D eigenvalue weighted by Gasteiger charge is 2.35. The van der Waals surface area contributed by atoms with Gasteiger partial charge in [-0.2, -0.15) is 0 Å². The fourth-order valence-corrected chi connectivity index (χ4v) is 6.50. The second-order valence-corrected chi connectivity index (χ2v) is 13.0. The van der Waals surface area contributed by atoms with Crippen molar-refractivity contribution < 1.29 is 18.0 Å². The van der Waals surface area contributed by atoms with Crippen molar-refractivity contribution in [1.82, 2.24) is 10.2 Å². The van der Waals surface area contributed by atoms with Crippen LogP contribution in [-0.4, -0.2) is 43.8 Å². The van der Waals surface area contributed by atoms with E-state index in [1.54, 1.807) is 49.4 Å². The molecule has 10 heteroatoms. The Kier molecular flexibility index (Phi) is 10.9. The van der Waals surface area contributed by atoms with Crippen LogP contribution in [0.4, 0.5) is 5.69 Å². The first-order valence-electron chi connectivity index (χ1n) is 13.5. The van der Waals surface area contributed by atoms with E-state index in [2.05, 4.69) is 5.32 Å². The number of anilines is 1. The topological polar surface area (TPSA) is 86.8 Å². The lowest BCUT2D eigenvalue weighted by molar-refractivity contribution is -0.140. The monoisotopic (exact) mass is 617 g/mol. The van der Waals surface area contributed by atoms with Gasteiger partial charge in [0.1, 0.15) is 12.6 Å². The largest absolute Gasteiger partial charge is 0.352 e. The fraction of sp³-hybridized carbons (Fsp3) is 0.355. The average Bonchev–Trinajstić information content (AvgIpc) is 2.90. The molecule has 0 radical (unpaired) electrons. The molecule has 3 aromatic carbocycles. The molecule has 1 unspecified atom stereocenters. The number of nitrogens with zero attached hydrogens (tertiary/aromatic N) is 2. The molecule has 0 aliphatic carbocycles. The van der Waals surface area contributed by atoms with Gasteiger partial charge < -0.3 is 10.2 Å². The van der Waals surface area contributed by atoms with Gasteiger partial charge in [0, 0.05) is 28.2 Å². The minimum atomic E-state index is -4.17. The standard InChI is InChI=1S/C31H37Cl2N3O4S/c1-7-28(31(38)34-20(2)3)35(18-25-26(32)11-9-12-27(25)33)30(37)19-36(29-13-8-10-22(5)23(29)6)41(39,40)24-16-14-21(4)15-17-24/h8-17,20,28H,7,18-19H2,1-6H3,(H,34,38). The van der Waals surface area contributed by atoms with E-state index in [0.717, 1.165) is 21.0 Å². The summed E-state index contributed by atoms with van der Waals surface area (Å²) in [5.74, 6) is -0.915. The van der Waals surface area contributed by atoms with Gasteiger partial charge in [0.25, 0.3) is 10.0 Å². The van der Waals surface area contributed by atoms with Crippen molar-refractivity contribution in [3.63, 3.8) is 0 Å². The third kappa shape index (κ3) is 7.61. The van der Waals surface area contributed by atoms with Crippen LogP contribution >= 0.6 is 23.2 Å². The maximum atomic E-state index is 14.2. The number of benzene rings is 3.